The zero-order valence-electron chi connectivity index (χ0n) is 18.1. The molecule has 0 unspecified atom stereocenters. The van der Waals surface area contributed by atoms with Gasteiger partial charge in [0.25, 0.3) is 0 Å². The van der Waals surface area contributed by atoms with Crippen molar-refractivity contribution in [2.24, 2.45) is 0 Å². The standard InChI is InChI=1S/C26H31N3O2/c27-18-23-22(19-9-10-25-26(17-19)31-16-15-30-25)7-4-8-24(23)29-13-11-21(12-14-29)28-20-5-2-1-3-6-20/h4,7-10,17,20-21,28H,1-3,5-6,11-16H2. The fraction of sp³-hybridized carbons (Fsp3) is 0.500. The number of rotatable bonds is 4. The van der Waals surface area contributed by atoms with E-state index in [-0.39, 0.29) is 0 Å². The first kappa shape index (κ1) is 20.2. The summed E-state index contributed by atoms with van der Waals surface area (Å²) < 4.78 is 11.4. The van der Waals surface area contributed by atoms with Crippen molar-refractivity contribution < 1.29 is 9.47 Å². The molecule has 0 radical (unpaired) electrons. The second kappa shape index (κ2) is 9.20. The van der Waals surface area contributed by atoms with Gasteiger partial charge in [0.05, 0.1) is 11.3 Å². The molecule has 1 saturated carbocycles. The van der Waals surface area contributed by atoms with Gasteiger partial charge in [0, 0.05) is 30.7 Å². The number of benzene rings is 2. The summed E-state index contributed by atoms with van der Waals surface area (Å²) in [5.74, 6) is 1.53. The van der Waals surface area contributed by atoms with Crippen molar-refractivity contribution in [3.63, 3.8) is 0 Å². The molecular formula is C26H31N3O2. The number of hydrogen-bond donors (Lipinski definition) is 1. The zero-order chi connectivity index (χ0) is 21.0. The van der Waals surface area contributed by atoms with E-state index in [0.29, 0.717) is 25.3 Å². The van der Waals surface area contributed by atoms with E-state index < -0.39 is 0 Å². The number of hydrogen-bond acceptors (Lipinski definition) is 5. The number of fused-ring (bicyclic) bond motifs is 1. The largest absolute Gasteiger partial charge is 0.486 e. The van der Waals surface area contributed by atoms with Gasteiger partial charge in [-0.15, -0.1) is 0 Å². The molecule has 3 aliphatic rings. The molecule has 0 aromatic heterocycles. The number of ether oxygens (including phenoxy) is 2. The minimum atomic E-state index is 0.561. The minimum Gasteiger partial charge on any atom is -0.486 e. The van der Waals surface area contributed by atoms with Crippen molar-refractivity contribution in [2.75, 3.05) is 31.2 Å². The third kappa shape index (κ3) is 4.36. The van der Waals surface area contributed by atoms with Crippen LogP contribution in [-0.2, 0) is 0 Å². The Morgan fingerprint density at radius 3 is 2.39 bits per heavy atom. The Bertz CT molecular complexity index is 954. The third-order valence-electron chi connectivity index (χ3n) is 6.92. The number of anilines is 1. The molecule has 1 aliphatic carbocycles. The highest BCUT2D eigenvalue weighted by Crippen LogP contribution is 2.38. The van der Waals surface area contributed by atoms with Crippen molar-refractivity contribution in [1.82, 2.24) is 5.32 Å². The molecule has 5 rings (SSSR count). The second-order valence-corrected chi connectivity index (χ2v) is 8.93. The van der Waals surface area contributed by atoms with Gasteiger partial charge in [-0.2, -0.15) is 5.26 Å². The zero-order valence-corrected chi connectivity index (χ0v) is 18.1. The van der Waals surface area contributed by atoms with Crippen LogP contribution in [0.3, 0.4) is 0 Å². The Morgan fingerprint density at radius 2 is 1.61 bits per heavy atom. The molecule has 1 saturated heterocycles. The van der Waals surface area contributed by atoms with Crippen molar-refractivity contribution in [1.29, 1.82) is 5.26 Å². The van der Waals surface area contributed by atoms with Crippen molar-refractivity contribution in [3.05, 3.63) is 42.0 Å². The Hall–Kier alpha value is -2.71. The SMILES string of the molecule is N#Cc1c(-c2ccc3c(c2)OCCO3)cccc1N1CCC(NC2CCCCC2)CC1. The van der Waals surface area contributed by atoms with Crippen LogP contribution < -0.4 is 19.7 Å². The van der Waals surface area contributed by atoms with Gasteiger partial charge in [-0.3, -0.25) is 0 Å². The molecule has 5 nitrogen and oxygen atoms in total. The highest BCUT2D eigenvalue weighted by Gasteiger charge is 2.25. The van der Waals surface area contributed by atoms with Crippen LogP contribution in [0.4, 0.5) is 5.69 Å². The summed E-state index contributed by atoms with van der Waals surface area (Å²) in [5, 5.41) is 14.0. The van der Waals surface area contributed by atoms with Crippen LogP contribution in [0.15, 0.2) is 36.4 Å². The topological polar surface area (TPSA) is 57.5 Å². The molecule has 0 amide bonds. The fourth-order valence-electron chi connectivity index (χ4n) is 5.26. The molecule has 0 spiro atoms. The molecule has 31 heavy (non-hydrogen) atoms. The highest BCUT2D eigenvalue weighted by atomic mass is 16.6. The van der Waals surface area contributed by atoms with E-state index in [1.54, 1.807) is 0 Å². The Labute approximate surface area is 185 Å². The lowest BCUT2D eigenvalue weighted by Gasteiger charge is -2.37. The van der Waals surface area contributed by atoms with E-state index in [0.717, 1.165) is 59.8 Å². The first-order valence-corrected chi connectivity index (χ1v) is 11.8. The van der Waals surface area contributed by atoms with Crippen molar-refractivity contribution in [3.8, 4) is 28.7 Å². The van der Waals surface area contributed by atoms with Crippen LogP contribution in [0.2, 0.25) is 0 Å². The maximum Gasteiger partial charge on any atom is 0.161 e. The Morgan fingerprint density at radius 1 is 0.871 bits per heavy atom. The van der Waals surface area contributed by atoms with Crippen LogP contribution in [-0.4, -0.2) is 38.4 Å². The van der Waals surface area contributed by atoms with Gasteiger partial charge in [0.15, 0.2) is 11.5 Å². The highest BCUT2D eigenvalue weighted by molar-refractivity contribution is 5.79. The number of piperidine rings is 1. The average Bonchev–Trinajstić information content (AvgIpc) is 2.84. The summed E-state index contributed by atoms with van der Waals surface area (Å²) in [6.07, 6.45) is 9.06. The van der Waals surface area contributed by atoms with E-state index in [9.17, 15) is 5.26 Å². The summed E-state index contributed by atoms with van der Waals surface area (Å²) in [4.78, 5) is 2.39. The quantitative estimate of drug-likeness (QED) is 0.768. The first-order valence-electron chi connectivity index (χ1n) is 11.8. The molecule has 162 valence electrons. The predicted molar refractivity (Wildman–Crippen MR) is 123 cm³/mol. The van der Waals surface area contributed by atoms with Crippen LogP contribution >= 0.6 is 0 Å². The summed E-state index contributed by atoms with van der Waals surface area (Å²) in [7, 11) is 0. The van der Waals surface area contributed by atoms with Crippen molar-refractivity contribution >= 4 is 5.69 Å². The molecule has 2 aliphatic heterocycles. The maximum atomic E-state index is 10.1. The molecule has 5 heteroatoms. The number of nitrogens with zero attached hydrogens (tertiary/aromatic N) is 2. The summed E-state index contributed by atoms with van der Waals surface area (Å²) in [6.45, 7) is 3.12. The fourth-order valence-corrected chi connectivity index (χ4v) is 5.26. The lowest BCUT2D eigenvalue weighted by Crippen LogP contribution is -2.46. The van der Waals surface area contributed by atoms with E-state index >= 15 is 0 Å². The van der Waals surface area contributed by atoms with Gasteiger partial charge in [0.2, 0.25) is 0 Å². The molecule has 2 fully saturated rings. The normalized spacial score (nSPS) is 19.8. The Balaban J connectivity index is 1.32. The van der Waals surface area contributed by atoms with Gasteiger partial charge in [0.1, 0.15) is 19.3 Å². The minimum absolute atomic E-state index is 0.561. The third-order valence-corrected chi connectivity index (χ3v) is 6.92. The molecule has 2 heterocycles. The summed E-state index contributed by atoms with van der Waals surface area (Å²) in [5.41, 5.74) is 3.75. The van der Waals surface area contributed by atoms with Crippen LogP contribution in [0.25, 0.3) is 11.1 Å². The van der Waals surface area contributed by atoms with Gasteiger partial charge < -0.3 is 19.7 Å². The van der Waals surface area contributed by atoms with E-state index in [4.69, 9.17) is 9.47 Å². The van der Waals surface area contributed by atoms with Gasteiger partial charge in [-0.25, -0.2) is 0 Å². The molecule has 0 bridgehead atoms. The lowest BCUT2D eigenvalue weighted by molar-refractivity contribution is 0.171. The van der Waals surface area contributed by atoms with Gasteiger partial charge in [-0.1, -0.05) is 37.5 Å². The van der Waals surface area contributed by atoms with E-state index in [1.165, 1.54) is 32.1 Å². The first-order chi connectivity index (χ1) is 15.3. The smallest absolute Gasteiger partial charge is 0.161 e. The van der Waals surface area contributed by atoms with Crippen LogP contribution in [0, 0.1) is 11.3 Å². The molecule has 1 N–H and O–H groups in total. The number of nitrogens with one attached hydrogen (secondary N) is 1. The van der Waals surface area contributed by atoms with Crippen LogP contribution in [0.1, 0.15) is 50.5 Å². The Kier molecular flexibility index (Phi) is 5.99. The van der Waals surface area contributed by atoms with Gasteiger partial charge in [-0.05, 0) is 49.4 Å². The maximum absolute atomic E-state index is 10.1. The van der Waals surface area contributed by atoms with E-state index in [2.05, 4.69) is 28.4 Å². The van der Waals surface area contributed by atoms with E-state index in [1.807, 2.05) is 24.3 Å². The van der Waals surface area contributed by atoms with Crippen LogP contribution in [0.5, 0.6) is 11.5 Å². The molecule has 2 aromatic carbocycles. The lowest BCUT2D eigenvalue weighted by atomic mass is 9.93. The summed E-state index contributed by atoms with van der Waals surface area (Å²) >= 11 is 0. The average molecular weight is 418 g/mol. The van der Waals surface area contributed by atoms with Crippen molar-refractivity contribution in [2.45, 2.75) is 57.0 Å². The van der Waals surface area contributed by atoms with Gasteiger partial charge >= 0.3 is 0 Å². The second-order valence-electron chi connectivity index (χ2n) is 8.93. The number of nitriles is 1. The molecule has 2 aromatic rings. The molecule has 0 atom stereocenters. The monoisotopic (exact) mass is 417 g/mol. The predicted octanol–water partition coefficient (Wildman–Crippen LogP) is 4.89. The molecular weight excluding hydrogens is 386 g/mol. The summed E-state index contributed by atoms with van der Waals surface area (Å²) in [6, 6.07) is 15.9.